The molecule has 0 aliphatic rings. The minimum atomic E-state index is -0.0186. The smallest absolute Gasteiger partial charge is 0.227 e. The molecule has 0 saturated heterocycles. The summed E-state index contributed by atoms with van der Waals surface area (Å²) < 4.78 is 0. The standard InChI is InChI=1S/C10H18N4O/c1-4-11-7(2)6-10(15)12-9-5-8(3)13-14-9/h5,7,11H,4,6H2,1-3H3,(H2,12,13,14,15). The van der Waals surface area contributed by atoms with Crippen molar-refractivity contribution >= 4 is 11.7 Å². The molecule has 1 unspecified atom stereocenters. The van der Waals surface area contributed by atoms with E-state index >= 15 is 0 Å². The first-order valence-corrected chi connectivity index (χ1v) is 5.17. The molecule has 1 amide bonds. The largest absolute Gasteiger partial charge is 0.314 e. The second-order valence-corrected chi connectivity index (χ2v) is 3.65. The minimum absolute atomic E-state index is 0.0186. The second-order valence-electron chi connectivity index (χ2n) is 3.65. The van der Waals surface area contributed by atoms with Gasteiger partial charge in [0.2, 0.25) is 5.91 Å². The third-order valence-electron chi connectivity index (χ3n) is 2.02. The Balaban J connectivity index is 2.36. The van der Waals surface area contributed by atoms with Crippen LogP contribution in [0.5, 0.6) is 0 Å². The van der Waals surface area contributed by atoms with Crippen LogP contribution in [0.25, 0.3) is 0 Å². The summed E-state index contributed by atoms with van der Waals surface area (Å²) in [5, 5.41) is 12.6. The Hall–Kier alpha value is -1.36. The zero-order valence-corrected chi connectivity index (χ0v) is 9.42. The number of aromatic amines is 1. The highest BCUT2D eigenvalue weighted by Crippen LogP contribution is 2.04. The summed E-state index contributed by atoms with van der Waals surface area (Å²) in [4.78, 5) is 11.5. The first-order chi connectivity index (χ1) is 7.11. The minimum Gasteiger partial charge on any atom is -0.314 e. The van der Waals surface area contributed by atoms with Crippen molar-refractivity contribution in [2.45, 2.75) is 33.2 Å². The van der Waals surface area contributed by atoms with Crippen molar-refractivity contribution in [2.24, 2.45) is 0 Å². The van der Waals surface area contributed by atoms with Crippen molar-refractivity contribution in [2.75, 3.05) is 11.9 Å². The van der Waals surface area contributed by atoms with Crippen LogP contribution in [0.15, 0.2) is 6.07 Å². The molecule has 3 N–H and O–H groups in total. The van der Waals surface area contributed by atoms with Gasteiger partial charge in [-0.25, -0.2) is 0 Å². The van der Waals surface area contributed by atoms with Crippen molar-refractivity contribution in [1.29, 1.82) is 0 Å². The van der Waals surface area contributed by atoms with E-state index in [9.17, 15) is 4.79 Å². The fourth-order valence-electron chi connectivity index (χ4n) is 1.37. The summed E-state index contributed by atoms with van der Waals surface area (Å²) in [6, 6.07) is 1.99. The van der Waals surface area contributed by atoms with Crippen LogP contribution >= 0.6 is 0 Å². The Morgan fingerprint density at radius 3 is 2.93 bits per heavy atom. The molecular weight excluding hydrogens is 192 g/mol. The van der Waals surface area contributed by atoms with Crippen LogP contribution in [0.4, 0.5) is 5.82 Å². The zero-order valence-electron chi connectivity index (χ0n) is 9.42. The van der Waals surface area contributed by atoms with E-state index in [2.05, 4.69) is 20.8 Å². The lowest BCUT2D eigenvalue weighted by molar-refractivity contribution is -0.116. The Bertz CT molecular complexity index is 321. The summed E-state index contributed by atoms with van der Waals surface area (Å²) in [6.45, 7) is 6.77. The fraction of sp³-hybridized carbons (Fsp3) is 0.600. The molecule has 0 aliphatic heterocycles. The molecule has 0 fully saturated rings. The van der Waals surface area contributed by atoms with Gasteiger partial charge in [-0.05, 0) is 20.4 Å². The van der Waals surface area contributed by atoms with Crippen molar-refractivity contribution < 1.29 is 4.79 Å². The first kappa shape index (κ1) is 11.7. The SMILES string of the molecule is CCNC(C)CC(=O)Nc1cc(C)[nH]n1. The maximum absolute atomic E-state index is 11.5. The molecule has 5 nitrogen and oxygen atoms in total. The van der Waals surface area contributed by atoms with Gasteiger partial charge in [-0.2, -0.15) is 5.10 Å². The number of hydrogen-bond acceptors (Lipinski definition) is 3. The van der Waals surface area contributed by atoms with Gasteiger partial charge in [0.25, 0.3) is 0 Å². The van der Waals surface area contributed by atoms with Crippen LogP contribution in [0.3, 0.4) is 0 Å². The molecular formula is C10H18N4O. The number of anilines is 1. The van der Waals surface area contributed by atoms with E-state index in [0.29, 0.717) is 12.2 Å². The van der Waals surface area contributed by atoms with Gasteiger partial charge >= 0.3 is 0 Å². The van der Waals surface area contributed by atoms with Crippen LogP contribution in [0.2, 0.25) is 0 Å². The van der Waals surface area contributed by atoms with E-state index in [1.807, 2.05) is 20.8 Å². The fourth-order valence-corrected chi connectivity index (χ4v) is 1.37. The van der Waals surface area contributed by atoms with Crippen molar-refractivity contribution in [3.63, 3.8) is 0 Å². The van der Waals surface area contributed by atoms with Crippen LogP contribution < -0.4 is 10.6 Å². The molecule has 5 heteroatoms. The predicted molar refractivity (Wildman–Crippen MR) is 59.7 cm³/mol. The van der Waals surface area contributed by atoms with Gasteiger partial charge in [0.15, 0.2) is 5.82 Å². The number of hydrogen-bond donors (Lipinski definition) is 3. The third kappa shape index (κ3) is 4.12. The molecule has 0 radical (unpaired) electrons. The molecule has 0 saturated carbocycles. The lowest BCUT2D eigenvalue weighted by atomic mass is 10.2. The molecule has 0 spiro atoms. The summed E-state index contributed by atoms with van der Waals surface area (Å²) in [5.41, 5.74) is 0.935. The molecule has 1 aromatic heterocycles. The van der Waals surface area contributed by atoms with Crippen LogP contribution in [-0.2, 0) is 4.79 Å². The summed E-state index contributed by atoms with van der Waals surface area (Å²) in [7, 11) is 0. The van der Waals surface area contributed by atoms with Crippen molar-refractivity contribution in [1.82, 2.24) is 15.5 Å². The van der Waals surface area contributed by atoms with Gasteiger partial charge in [-0.3, -0.25) is 9.89 Å². The molecule has 1 aromatic rings. The Morgan fingerprint density at radius 2 is 2.40 bits per heavy atom. The zero-order chi connectivity index (χ0) is 11.3. The normalized spacial score (nSPS) is 12.5. The molecule has 1 atom stereocenters. The van der Waals surface area contributed by atoms with E-state index in [1.54, 1.807) is 6.07 Å². The number of aryl methyl sites for hydroxylation is 1. The quantitative estimate of drug-likeness (QED) is 0.680. The Morgan fingerprint density at radius 1 is 1.67 bits per heavy atom. The highest BCUT2D eigenvalue weighted by molar-refractivity contribution is 5.90. The highest BCUT2D eigenvalue weighted by atomic mass is 16.1. The second kappa shape index (κ2) is 5.50. The molecule has 84 valence electrons. The number of H-pyrrole nitrogens is 1. The van der Waals surface area contributed by atoms with E-state index in [4.69, 9.17) is 0 Å². The number of nitrogens with zero attached hydrogens (tertiary/aromatic N) is 1. The molecule has 0 aliphatic carbocycles. The third-order valence-corrected chi connectivity index (χ3v) is 2.02. The van der Waals surface area contributed by atoms with Crippen molar-refractivity contribution in [3.05, 3.63) is 11.8 Å². The van der Waals surface area contributed by atoms with Gasteiger partial charge in [0, 0.05) is 24.2 Å². The highest BCUT2D eigenvalue weighted by Gasteiger charge is 2.09. The number of carbonyl (C=O) groups is 1. The maximum atomic E-state index is 11.5. The van der Waals surface area contributed by atoms with E-state index in [1.165, 1.54) is 0 Å². The van der Waals surface area contributed by atoms with Crippen LogP contribution in [0.1, 0.15) is 26.0 Å². The molecule has 0 aromatic carbocycles. The average molecular weight is 210 g/mol. The number of amides is 1. The van der Waals surface area contributed by atoms with Crippen LogP contribution in [-0.4, -0.2) is 28.7 Å². The molecule has 1 heterocycles. The van der Waals surface area contributed by atoms with Crippen molar-refractivity contribution in [3.8, 4) is 0 Å². The van der Waals surface area contributed by atoms with E-state index in [-0.39, 0.29) is 11.9 Å². The van der Waals surface area contributed by atoms with Gasteiger partial charge in [-0.1, -0.05) is 6.92 Å². The maximum Gasteiger partial charge on any atom is 0.227 e. The topological polar surface area (TPSA) is 69.8 Å². The first-order valence-electron chi connectivity index (χ1n) is 5.17. The average Bonchev–Trinajstić information content (AvgIpc) is 2.51. The lowest BCUT2D eigenvalue weighted by Crippen LogP contribution is -2.30. The monoisotopic (exact) mass is 210 g/mol. The lowest BCUT2D eigenvalue weighted by Gasteiger charge is -2.10. The number of aromatic nitrogens is 2. The number of rotatable bonds is 5. The summed E-state index contributed by atoms with van der Waals surface area (Å²) in [5.74, 6) is 0.566. The number of carbonyl (C=O) groups excluding carboxylic acids is 1. The van der Waals surface area contributed by atoms with Gasteiger partial charge < -0.3 is 10.6 Å². The predicted octanol–water partition coefficient (Wildman–Crippen LogP) is 1.04. The van der Waals surface area contributed by atoms with Gasteiger partial charge in [-0.15, -0.1) is 0 Å². The van der Waals surface area contributed by atoms with E-state index < -0.39 is 0 Å². The molecule has 1 rings (SSSR count). The molecule has 0 bridgehead atoms. The van der Waals surface area contributed by atoms with Crippen LogP contribution in [0, 0.1) is 6.92 Å². The summed E-state index contributed by atoms with van der Waals surface area (Å²) >= 11 is 0. The van der Waals surface area contributed by atoms with Gasteiger partial charge in [0.05, 0.1) is 0 Å². The Kier molecular flexibility index (Phi) is 4.30. The molecule has 15 heavy (non-hydrogen) atoms. The van der Waals surface area contributed by atoms with E-state index in [0.717, 1.165) is 12.2 Å². The van der Waals surface area contributed by atoms with Gasteiger partial charge in [0.1, 0.15) is 0 Å². The summed E-state index contributed by atoms with van der Waals surface area (Å²) in [6.07, 6.45) is 0.458. The Labute approximate surface area is 89.6 Å². The number of nitrogens with one attached hydrogen (secondary N) is 3.